The highest BCUT2D eigenvalue weighted by Crippen LogP contribution is 2.12. The molecule has 1 N–H and O–H groups in total. The van der Waals surface area contributed by atoms with Crippen LogP contribution in [0.4, 0.5) is 0 Å². The Morgan fingerprint density at radius 2 is 2.29 bits per heavy atom. The topological polar surface area (TPSA) is 21.3 Å². The summed E-state index contributed by atoms with van der Waals surface area (Å²) in [5.74, 6) is 0. The van der Waals surface area contributed by atoms with E-state index in [-0.39, 0.29) is 0 Å². The van der Waals surface area contributed by atoms with Crippen LogP contribution in [0.3, 0.4) is 0 Å². The summed E-state index contributed by atoms with van der Waals surface area (Å²) < 4.78 is 5.26. The number of rotatable bonds is 7. The van der Waals surface area contributed by atoms with Crippen LogP contribution in [0, 0.1) is 6.92 Å². The van der Waals surface area contributed by atoms with Crippen LogP contribution in [0.1, 0.15) is 24.5 Å². The fraction of sp³-hybridized carbons (Fsp3) is 0.636. The van der Waals surface area contributed by atoms with Crippen LogP contribution in [0.2, 0.25) is 0 Å². The van der Waals surface area contributed by atoms with Crippen LogP contribution in [-0.4, -0.2) is 19.8 Å². The Labute approximate surface area is 90.3 Å². The Kier molecular flexibility index (Phi) is 5.83. The second-order valence-corrected chi connectivity index (χ2v) is 4.05. The van der Waals surface area contributed by atoms with Gasteiger partial charge in [-0.25, -0.2) is 0 Å². The van der Waals surface area contributed by atoms with Crippen molar-refractivity contribution in [2.45, 2.75) is 26.8 Å². The second kappa shape index (κ2) is 6.98. The summed E-state index contributed by atoms with van der Waals surface area (Å²) in [4.78, 5) is 0. The SMILES string of the molecule is CCOCCCNCc1cscc1C. The van der Waals surface area contributed by atoms with Gasteiger partial charge in [0, 0.05) is 19.8 Å². The molecule has 1 aromatic rings. The van der Waals surface area contributed by atoms with Crippen LogP contribution in [0.25, 0.3) is 0 Å². The average molecular weight is 213 g/mol. The van der Waals surface area contributed by atoms with Crippen molar-refractivity contribution in [1.82, 2.24) is 5.32 Å². The van der Waals surface area contributed by atoms with Crippen molar-refractivity contribution in [3.05, 3.63) is 21.9 Å². The molecule has 0 radical (unpaired) electrons. The zero-order valence-electron chi connectivity index (χ0n) is 9.01. The Bertz CT molecular complexity index is 247. The minimum absolute atomic E-state index is 0.823. The van der Waals surface area contributed by atoms with Gasteiger partial charge in [-0.2, -0.15) is 11.3 Å². The van der Waals surface area contributed by atoms with Gasteiger partial charge in [0.05, 0.1) is 0 Å². The Morgan fingerprint density at radius 1 is 1.43 bits per heavy atom. The summed E-state index contributed by atoms with van der Waals surface area (Å²) in [6.45, 7) is 7.91. The minimum Gasteiger partial charge on any atom is -0.382 e. The lowest BCUT2D eigenvalue weighted by molar-refractivity contribution is 0.144. The highest BCUT2D eigenvalue weighted by molar-refractivity contribution is 7.08. The molecule has 14 heavy (non-hydrogen) atoms. The fourth-order valence-electron chi connectivity index (χ4n) is 1.23. The highest BCUT2D eigenvalue weighted by Gasteiger charge is 1.97. The largest absolute Gasteiger partial charge is 0.382 e. The lowest BCUT2D eigenvalue weighted by Gasteiger charge is -2.04. The molecular weight excluding hydrogens is 194 g/mol. The fourth-order valence-corrected chi connectivity index (χ4v) is 2.09. The van der Waals surface area contributed by atoms with Crippen molar-refractivity contribution in [1.29, 1.82) is 0 Å². The molecular formula is C11H19NOS. The number of ether oxygens (including phenoxy) is 1. The van der Waals surface area contributed by atoms with E-state index >= 15 is 0 Å². The summed E-state index contributed by atoms with van der Waals surface area (Å²) in [5.41, 5.74) is 2.82. The Hall–Kier alpha value is -0.380. The second-order valence-electron chi connectivity index (χ2n) is 3.31. The van der Waals surface area contributed by atoms with Crippen LogP contribution < -0.4 is 5.32 Å². The average Bonchev–Trinajstić information content (AvgIpc) is 2.58. The molecule has 0 aliphatic carbocycles. The molecule has 1 rings (SSSR count). The molecule has 0 aromatic carbocycles. The first-order valence-electron chi connectivity index (χ1n) is 5.14. The van der Waals surface area contributed by atoms with E-state index in [2.05, 4.69) is 23.0 Å². The maximum absolute atomic E-state index is 5.26. The molecule has 0 spiro atoms. The van der Waals surface area contributed by atoms with Crippen molar-refractivity contribution < 1.29 is 4.74 Å². The molecule has 3 heteroatoms. The number of thiophene rings is 1. The normalized spacial score (nSPS) is 10.7. The third kappa shape index (κ3) is 4.22. The van der Waals surface area contributed by atoms with E-state index in [1.165, 1.54) is 11.1 Å². The van der Waals surface area contributed by atoms with Crippen molar-refractivity contribution >= 4 is 11.3 Å². The first kappa shape index (κ1) is 11.7. The van der Waals surface area contributed by atoms with Gasteiger partial charge < -0.3 is 10.1 Å². The molecule has 80 valence electrons. The van der Waals surface area contributed by atoms with E-state index in [9.17, 15) is 0 Å². The molecule has 1 aromatic heterocycles. The van der Waals surface area contributed by atoms with Gasteiger partial charge in [0.25, 0.3) is 0 Å². The molecule has 1 heterocycles. The predicted octanol–water partition coefficient (Wildman–Crippen LogP) is 2.57. The third-order valence-corrected chi connectivity index (χ3v) is 3.03. The van der Waals surface area contributed by atoms with Gasteiger partial charge in [-0.15, -0.1) is 0 Å². The monoisotopic (exact) mass is 213 g/mol. The molecule has 0 aliphatic rings. The number of nitrogens with one attached hydrogen (secondary N) is 1. The Balaban J connectivity index is 2.02. The molecule has 0 aliphatic heterocycles. The van der Waals surface area contributed by atoms with Gasteiger partial charge in [-0.05, 0) is 48.7 Å². The molecule has 2 nitrogen and oxygen atoms in total. The molecule has 0 saturated heterocycles. The molecule has 0 unspecified atom stereocenters. The zero-order valence-corrected chi connectivity index (χ0v) is 9.82. The van der Waals surface area contributed by atoms with E-state index < -0.39 is 0 Å². The van der Waals surface area contributed by atoms with Crippen molar-refractivity contribution in [2.24, 2.45) is 0 Å². The standard InChI is InChI=1S/C11H19NOS/c1-3-13-6-4-5-12-7-11-9-14-8-10(11)2/h8-9,12H,3-7H2,1-2H3. The smallest absolute Gasteiger partial charge is 0.0477 e. The minimum atomic E-state index is 0.823. The third-order valence-electron chi connectivity index (χ3n) is 2.12. The summed E-state index contributed by atoms with van der Waals surface area (Å²) in [5, 5.41) is 7.82. The van der Waals surface area contributed by atoms with E-state index in [0.29, 0.717) is 0 Å². The zero-order chi connectivity index (χ0) is 10.2. The van der Waals surface area contributed by atoms with E-state index in [4.69, 9.17) is 4.74 Å². The van der Waals surface area contributed by atoms with E-state index in [0.717, 1.165) is 32.7 Å². The lowest BCUT2D eigenvalue weighted by Crippen LogP contribution is -2.16. The van der Waals surface area contributed by atoms with Crippen molar-refractivity contribution in [2.75, 3.05) is 19.8 Å². The first-order valence-corrected chi connectivity index (χ1v) is 6.09. The number of hydrogen-bond donors (Lipinski definition) is 1. The van der Waals surface area contributed by atoms with Crippen molar-refractivity contribution in [3.8, 4) is 0 Å². The molecule has 0 fully saturated rings. The maximum atomic E-state index is 5.26. The molecule has 0 atom stereocenters. The predicted molar refractivity (Wildman–Crippen MR) is 61.9 cm³/mol. The quantitative estimate of drug-likeness (QED) is 0.703. The van der Waals surface area contributed by atoms with Crippen LogP contribution in [0.15, 0.2) is 10.8 Å². The molecule has 0 saturated carbocycles. The van der Waals surface area contributed by atoms with Crippen LogP contribution in [0.5, 0.6) is 0 Å². The highest BCUT2D eigenvalue weighted by atomic mass is 32.1. The van der Waals surface area contributed by atoms with E-state index in [1.54, 1.807) is 11.3 Å². The summed E-state index contributed by atoms with van der Waals surface area (Å²) in [6, 6.07) is 0. The lowest BCUT2D eigenvalue weighted by atomic mass is 10.2. The molecule has 0 bridgehead atoms. The van der Waals surface area contributed by atoms with Gasteiger partial charge in [0.2, 0.25) is 0 Å². The number of hydrogen-bond acceptors (Lipinski definition) is 3. The summed E-state index contributed by atoms with van der Waals surface area (Å²) >= 11 is 1.77. The Morgan fingerprint density at radius 3 is 2.93 bits per heavy atom. The van der Waals surface area contributed by atoms with Gasteiger partial charge >= 0.3 is 0 Å². The van der Waals surface area contributed by atoms with Crippen LogP contribution >= 0.6 is 11.3 Å². The first-order chi connectivity index (χ1) is 6.84. The van der Waals surface area contributed by atoms with Gasteiger partial charge in [0.15, 0.2) is 0 Å². The van der Waals surface area contributed by atoms with Gasteiger partial charge in [-0.3, -0.25) is 0 Å². The number of aryl methyl sites for hydroxylation is 1. The maximum Gasteiger partial charge on any atom is 0.0477 e. The van der Waals surface area contributed by atoms with E-state index in [1.807, 2.05) is 6.92 Å². The van der Waals surface area contributed by atoms with Gasteiger partial charge in [0.1, 0.15) is 0 Å². The summed E-state index contributed by atoms with van der Waals surface area (Å²) in [7, 11) is 0. The van der Waals surface area contributed by atoms with Crippen molar-refractivity contribution in [3.63, 3.8) is 0 Å². The molecule has 0 amide bonds. The summed E-state index contributed by atoms with van der Waals surface area (Å²) in [6.07, 6.45) is 1.09. The van der Waals surface area contributed by atoms with Crippen LogP contribution in [-0.2, 0) is 11.3 Å². The van der Waals surface area contributed by atoms with Gasteiger partial charge in [-0.1, -0.05) is 0 Å².